The summed E-state index contributed by atoms with van der Waals surface area (Å²) in [5, 5.41) is 16.0. The van der Waals surface area contributed by atoms with Crippen LogP contribution in [0.5, 0.6) is 5.75 Å². The van der Waals surface area contributed by atoms with Gasteiger partial charge in [0.2, 0.25) is 5.95 Å². The second kappa shape index (κ2) is 8.86. The van der Waals surface area contributed by atoms with Gasteiger partial charge in [0, 0.05) is 32.4 Å². The van der Waals surface area contributed by atoms with E-state index in [1.165, 1.54) is 24.6 Å². The van der Waals surface area contributed by atoms with Crippen LogP contribution in [0.4, 0.5) is 16.2 Å². The Kier molecular flexibility index (Phi) is 5.76. The first-order valence-corrected chi connectivity index (χ1v) is 11.2. The summed E-state index contributed by atoms with van der Waals surface area (Å²) in [5.41, 5.74) is 1.93. The lowest BCUT2D eigenvalue weighted by molar-refractivity contribution is 0.0951. The molecule has 170 valence electrons. The number of amides is 1. The maximum Gasteiger partial charge on any atom is 0.256 e. The quantitative estimate of drug-likeness (QED) is 0.487. The van der Waals surface area contributed by atoms with Crippen LogP contribution in [0.2, 0.25) is 5.02 Å². The zero-order valence-corrected chi connectivity index (χ0v) is 18.5. The number of aromatic nitrogens is 2. The molecule has 2 fully saturated rings. The average molecular weight is 468 g/mol. The number of piperidine rings is 1. The van der Waals surface area contributed by atoms with Gasteiger partial charge >= 0.3 is 0 Å². The van der Waals surface area contributed by atoms with E-state index in [0.717, 1.165) is 36.1 Å². The van der Waals surface area contributed by atoms with Crippen molar-refractivity contribution in [2.24, 2.45) is 11.8 Å². The minimum atomic E-state index is -0.332. The van der Waals surface area contributed by atoms with Gasteiger partial charge < -0.3 is 20.6 Å². The Labute approximate surface area is 195 Å². The molecule has 3 N–H and O–H groups in total. The number of benzene rings is 2. The molecule has 3 aromatic rings. The summed E-state index contributed by atoms with van der Waals surface area (Å²) in [5.74, 6) is 1.82. The highest BCUT2D eigenvalue weighted by atomic mass is 35.5. The second-order valence-corrected chi connectivity index (χ2v) is 8.95. The van der Waals surface area contributed by atoms with Crippen LogP contribution in [-0.4, -0.2) is 34.1 Å². The van der Waals surface area contributed by atoms with Crippen LogP contribution in [0.1, 0.15) is 27.9 Å². The predicted molar refractivity (Wildman–Crippen MR) is 124 cm³/mol. The largest absolute Gasteiger partial charge is 0.506 e. The number of nitrogens with one attached hydrogen (secondary N) is 2. The Morgan fingerprint density at radius 1 is 1.12 bits per heavy atom. The summed E-state index contributed by atoms with van der Waals surface area (Å²) in [7, 11) is 0. The SMILES string of the molecule is O=C(NCc1ccc(F)cc1)c1cnc(N2CC3CC3C2)nc1NCc1ccc(O)c(Cl)c1. The second-order valence-electron chi connectivity index (χ2n) is 8.54. The molecule has 1 saturated heterocycles. The van der Waals surface area contributed by atoms with Crippen molar-refractivity contribution < 1.29 is 14.3 Å². The van der Waals surface area contributed by atoms with Crippen LogP contribution >= 0.6 is 11.6 Å². The number of carbonyl (C=O) groups excluding carboxylic acids is 1. The summed E-state index contributed by atoms with van der Waals surface area (Å²) in [6, 6.07) is 10.9. The molecule has 1 aliphatic carbocycles. The van der Waals surface area contributed by atoms with E-state index >= 15 is 0 Å². The van der Waals surface area contributed by atoms with Crippen LogP contribution in [-0.2, 0) is 13.1 Å². The van der Waals surface area contributed by atoms with E-state index in [2.05, 4.69) is 25.5 Å². The first kappa shape index (κ1) is 21.5. The smallest absolute Gasteiger partial charge is 0.256 e. The van der Waals surface area contributed by atoms with Crippen molar-refractivity contribution in [3.8, 4) is 5.75 Å². The molecule has 33 heavy (non-hydrogen) atoms. The number of fused-ring (bicyclic) bond motifs is 1. The van der Waals surface area contributed by atoms with Crippen molar-refractivity contribution in [1.29, 1.82) is 0 Å². The lowest BCUT2D eigenvalue weighted by atomic mass is 10.2. The number of phenolic OH excluding ortho intramolecular Hbond substituents is 1. The van der Waals surface area contributed by atoms with Gasteiger partial charge in [0.1, 0.15) is 22.9 Å². The van der Waals surface area contributed by atoms with E-state index < -0.39 is 0 Å². The molecule has 5 rings (SSSR count). The Hall–Kier alpha value is -3.39. The number of phenols is 1. The number of nitrogens with zero attached hydrogens (tertiary/aromatic N) is 3. The molecular formula is C24H23ClFN5O2. The van der Waals surface area contributed by atoms with E-state index in [1.807, 2.05) is 0 Å². The van der Waals surface area contributed by atoms with Gasteiger partial charge in [0.15, 0.2) is 0 Å². The highest BCUT2D eigenvalue weighted by Gasteiger charge is 2.45. The molecule has 1 saturated carbocycles. The van der Waals surface area contributed by atoms with Gasteiger partial charge in [0.25, 0.3) is 5.91 Å². The monoisotopic (exact) mass is 467 g/mol. The molecule has 9 heteroatoms. The Bertz CT molecular complexity index is 1180. The third kappa shape index (κ3) is 4.85. The van der Waals surface area contributed by atoms with Crippen LogP contribution in [0.3, 0.4) is 0 Å². The predicted octanol–water partition coefficient (Wildman–Crippen LogP) is 3.97. The van der Waals surface area contributed by atoms with Gasteiger partial charge in [-0.15, -0.1) is 0 Å². The van der Waals surface area contributed by atoms with E-state index in [9.17, 15) is 14.3 Å². The Morgan fingerprint density at radius 3 is 2.58 bits per heavy atom. The van der Waals surface area contributed by atoms with Gasteiger partial charge in [-0.2, -0.15) is 4.98 Å². The normalized spacial score (nSPS) is 18.7. The minimum Gasteiger partial charge on any atom is -0.506 e. The standard InChI is InChI=1S/C24H23ClFN5O2/c25-20-7-15(3-6-21(20)32)10-27-22-19(23(33)28-9-14-1-4-18(26)5-2-14)11-29-24(30-22)31-12-16-8-17(16)13-31/h1-7,11,16-17,32H,8-10,12-13H2,(H,28,33)(H,27,29,30). The van der Waals surface area contributed by atoms with Crippen molar-refractivity contribution in [3.05, 3.63) is 76.2 Å². The number of aromatic hydroxyl groups is 1. The molecule has 2 aliphatic rings. The van der Waals surface area contributed by atoms with Crippen LogP contribution in [0.25, 0.3) is 0 Å². The summed E-state index contributed by atoms with van der Waals surface area (Å²) in [6.07, 6.45) is 2.81. The fourth-order valence-electron chi connectivity index (χ4n) is 4.11. The number of hydrogen-bond donors (Lipinski definition) is 3. The number of halogens is 2. The molecular weight excluding hydrogens is 445 g/mol. The zero-order valence-electron chi connectivity index (χ0n) is 17.8. The van der Waals surface area contributed by atoms with Crippen molar-refractivity contribution in [3.63, 3.8) is 0 Å². The van der Waals surface area contributed by atoms with E-state index in [-0.39, 0.29) is 29.0 Å². The number of rotatable bonds is 7. The van der Waals surface area contributed by atoms with Crippen molar-refractivity contribution in [2.45, 2.75) is 19.5 Å². The Morgan fingerprint density at radius 2 is 1.85 bits per heavy atom. The summed E-state index contributed by atoms with van der Waals surface area (Å²) >= 11 is 6.02. The van der Waals surface area contributed by atoms with Crippen LogP contribution < -0.4 is 15.5 Å². The maximum absolute atomic E-state index is 13.1. The molecule has 1 aromatic heterocycles. The lowest BCUT2D eigenvalue weighted by Gasteiger charge is -2.20. The summed E-state index contributed by atoms with van der Waals surface area (Å²) in [6.45, 7) is 2.49. The molecule has 0 radical (unpaired) electrons. The van der Waals surface area contributed by atoms with Gasteiger partial charge in [-0.05, 0) is 53.6 Å². The van der Waals surface area contributed by atoms with Gasteiger partial charge in [-0.3, -0.25) is 4.79 Å². The highest BCUT2D eigenvalue weighted by Crippen LogP contribution is 2.45. The fourth-order valence-corrected chi connectivity index (χ4v) is 4.32. The van der Waals surface area contributed by atoms with Crippen LogP contribution in [0.15, 0.2) is 48.7 Å². The zero-order chi connectivity index (χ0) is 22.9. The van der Waals surface area contributed by atoms with E-state index in [1.54, 1.807) is 30.5 Å². The molecule has 2 aromatic carbocycles. The summed E-state index contributed by atoms with van der Waals surface area (Å²) < 4.78 is 13.1. The molecule has 0 bridgehead atoms. The molecule has 2 atom stereocenters. The molecule has 7 nitrogen and oxygen atoms in total. The van der Waals surface area contributed by atoms with Crippen molar-refractivity contribution >= 4 is 29.3 Å². The van der Waals surface area contributed by atoms with E-state index in [0.29, 0.717) is 23.9 Å². The van der Waals surface area contributed by atoms with E-state index in [4.69, 9.17) is 11.6 Å². The average Bonchev–Trinajstić information content (AvgIpc) is 3.43. The third-order valence-electron chi connectivity index (χ3n) is 6.12. The number of carbonyl (C=O) groups is 1. The summed E-state index contributed by atoms with van der Waals surface area (Å²) in [4.78, 5) is 24.2. The molecule has 2 heterocycles. The molecule has 1 aliphatic heterocycles. The van der Waals surface area contributed by atoms with Crippen LogP contribution in [0, 0.1) is 17.7 Å². The first-order chi connectivity index (χ1) is 16.0. The highest BCUT2D eigenvalue weighted by molar-refractivity contribution is 6.32. The van der Waals surface area contributed by atoms with Crippen molar-refractivity contribution in [2.75, 3.05) is 23.3 Å². The lowest BCUT2D eigenvalue weighted by Crippen LogP contribution is -2.27. The van der Waals surface area contributed by atoms with Gasteiger partial charge in [0.05, 0.1) is 5.02 Å². The molecule has 2 unspecified atom stereocenters. The third-order valence-corrected chi connectivity index (χ3v) is 6.42. The Balaban J connectivity index is 1.34. The molecule has 1 amide bonds. The molecule has 0 spiro atoms. The number of anilines is 2. The fraction of sp³-hybridized carbons (Fsp3) is 0.292. The maximum atomic E-state index is 13.1. The number of hydrogen-bond acceptors (Lipinski definition) is 6. The van der Waals surface area contributed by atoms with Gasteiger partial charge in [-0.1, -0.05) is 29.8 Å². The minimum absolute atomic E-state index is 0.0122. The van der Waals surface area contributed by atoms with Gasteiger partial charge in [-0.25, -0.2) is 9.37 Å². The first-order valence-electron chi connectivity index (χ1n) is 10.8. The topological polar surface area (TPSA) is 90.4 Å². The van der Waals surface area contributed by atoms with Crippen molar-refractivity contribution in [1.82, 2.24) is 15.3 Å².